The van der Waals surface area contributed by atoms with E-state index in [4.69, 9.17) is 0 Å². The number of rotatable bonds is 1. The molecule has 7 heteroatoms. The average Bonchev–Trinajstić information content (AvgIpc) is 1.59. The maximum atomic E-state index is 11.4. The molecule has 0 amide bonds. The predicted molar refractivity (Wildman–Crippen MR) is 20.1 cm³/mol. The zero-order chi connectivity index (χ0) is 8.58. The smallest absolute Gasteiger partial charge is 0.269 e. The van der Waals surface area contributed by atoms with Crippen molar-refractivity contribution in [2.45, 2.75) is 18.4 Å². The molecule has 62 valence electrons. The summed E-state index contributed by atoms with van der Waals surface area (Å²) in [5, 5.41) is 0. The van der Waals surface area contributed by atoms with E-state index in [2.05, 4.69) is 5.73 Å². The van der Waals surface area contributed by atoms with Gasteiger partial charge in [0.05, 0.1) is 0 Å². The number of hydrogen-bond donors (Lipinski definition) is 1. The quantitative estimate of drug-likeness (QED) is 0.464. The molecular formula is C3H3F6N. The van der Waals surface area contributed by atoms with Crippen molar-refractivity contribution in [1.29, 1.82) is 0 Å². The van der Waals surface area contributed by atoms with Crippen LogP contribution in [-0.2, 0) is 0 Å². The molecule has 1 atom stereocenters. The molecule has 0 radical (unpaired) electrons. The van der Waals surface area contributed by atoms with E-state index in [1.54, 1.807) is 0 Å². The van der Waals surface area contributed by atoms with Gasteiger partial charge < -0.3 is 0 Å². The van der Waals surface area contributed by atoms with Crippen molar-refractivity contribution < 1.29 is 26.3 Å². The molecule has 0 aromatic carbocycles. The maximum Gasteiger partial charge on any atom is 0.427 e. The third-order valence-corrected chi connectivity index (χ3v) is 0.625. The molecule has 0 saturated carbocycles. The van der Waals surface area contributed by atoms with Crippen LogP contribution in [0.3, 0.4) is 0 Å². The first-order valence-electron chi connectivity index (χ1n) is 2.03. The van der Waals surface area contributed by atoms with Gasteiger partial charge in [-0.3, -0.25) is 5.73 Å². The highest BCUT2D eigenvalue weighted by atomic mass is 19.4. The topological polar surface area (TPSA) is 26.0 Å². The van der Waals surface area contributed by atoms with Crippen molar-refractivity contribution in [3.63, 3.8) is 0 Å². The summed E-state index contributed by atoms with van der Waals surface area (Å²) in [6.45, 7) is 0. The Morgan fingerprint density at radius 3 is 1.30 bits per heavy atom. The third kappa shape index (κ3) is 2.42. The number of nitrogens with two attached hydrogens (primary N) is 1. The first kappa shape index (κ1) is 9.54. The second-order valence-corrected chi connectivity index (χ2v) is 1.58. The van der Waals surface area contributed by atoms with Crippen LogP contribution in [0.15, 0.2) is 0 Å². The van der Waals surface area contributed by atoms with Gasteiger partial charge in [-0.25, -0.2) is 4.39 Å². The van der Waals surface area contributed by atoms with E-state index in [0.29, 0.717) is 0 Å². The van der Waals surface area contributed by atoms with Gasteiger partial charge in [-0.1, -0.05) is 0 Å². The lowest BCUT2D eigenvalue weighted by Gasteiger charge is -2.17. The molecule has 0 aromatic rings. The molecule has 0 aliphatic rings. The van der Waals surface area contributed by atoms with E-state index in [1.165, 1.54) is 0 Å². The number of alkyl halides is 6. The van der Waals surface area contributed by atoms with Crippen LogP contribution in [0.1, 0.15) is 0 Å². The van der Waals surface area contributed by atoms with Gasteiger partial charge in [-0.15, -0.1) is 0 Å². The molecule has 2 N–H and O–H groups in total. The van der Waals surface area contributed by atoms with E-state index in [-0.39, 0.29) is 0 Å². The van der Waals surface area contributed by atoms with Gasteiger partial charge in [0, 0.05) is 0 Å². The Kier molecular flexibility index (Phi) is 2.19. The molecule has 10 heavy (non-hydrogen) atoms. The monoisotopic (exact) mass is 167 g/mol. The first-order chi connectivity index (χ1) is 4.15. The normalized spacial score (nSPS) is 17.1. The summed E-state index contributed by atoms with van der Waals surface area (Å²) in [6, 6.07) is -4.85. The molecule has 1 nitrogen and oxygen atoms in total. The lowest BCUT2D eigenvalue weighted by molar-refractivity contribution is -0.242. The first-order valence-corrected chi connectivity index (χ1v) is 2.03. The maximum absolute atomic E-state index is 11.4. The molecule has 0 heterocycles. The summed E-state index contributed by atoms with van der Waals surface area (Å²) in [5.74, 6) is 0. The van der Waals surface area contributed by atoms with Crippen LogP contribution >= 0.6 is 0 Å². The standard InChI is InChI=1S/C3H3F6N/c4-1(2(5,6)7)3(8,9)10/h1H,10H2. The van der Waals surface area contributed by atoms with E-state index >= 15 is 0 Å². The molecule has 0 spiro atoms. The Bertz CT molecular complexity index is 97.1. The third-order valence-electron chi connectivity index (χ3n) is 0.625. The van der Waals surface area contributed by atoms with E-state index in [9.17, 15) is 26.3 Å². The van der Waals surface area contributed by atoms with Crippen LogP contribution in [-0.4, -0.2) is 18.4 Å². The highest BCUT2D eigenvalue weighted by Crippen LogP contribution is 2.31. The minimum atomic E-state index is -5.60. The summed E-state index contributed by atoms with van der Waals surface area (Å²) in [7, 11) is 0. The summed E-state index contributed by atoms with van der Waals surface area (Å²) in [4.78, 5) is 0. The average molecular weight is 167 g/mol. The van der Waals surface area contributed by atoms with Gasteiger partial charge in [-0.05, 0) is 0 Å². The molecule has 0 aromatic heterocycles. The molecule has 0 aliphatic heterocycles. The van der Waals surface area contributed by atoms with Crippen molar-refractivity contribution in [3.8, 4) is 0 Å². The summed E-state index contributed by atoms with van der Waals surface area (Å²) in [6.07, 6.45) is -9.89. The highest BCUT2D eigenvalue weighted by molar-refractivity contribution is 4.76. The SMILES string of the molecule is NC(F)(F)C(F)C(F)(F)F. The molecular weight excluding hydrogens is 164 g/mol. The van der Waals surface area contributed by atoms with Crippen molar-refractivity contribution >= 4 is 0 Å². The largest absolute Gasteiger partial charge is 0.427 e. The van der Waals surface area contributed by atoms with Gasteiger partial charge in [0.25, 0.3) is 6.17 Å². The number of halogens is 6. The van der Waals surface area contributed by atoms with Crippen molar-refractivity contribution in [2.75, 3.05) is 0 Å². The van der Waals surface area contributed by atoms with Crippen molar-refractivity contribution in [3.05, 3.63) is 0 Å². The van der Waals surface area contributed by atoms with E-state index in [0.717, 1.165) is 0 Å². The van der Waals surface area contributed by atoms with Gasteiger partial charge >= 0.3 is 12.2 Å². The Morgan fingerprint density at radius 1 is 1.00 bits per heavy atom. The Hall–Kier alpha value is -0.460. The molecule has 0 aliphatic carbocycles. The van der Waals surface area contributed by atoms with Crippen LogP contribution in [0.5, 0.6) is 0 Å². The number of hydrogen-bond acceptors (Lipinski definition) is 1. The Labute approximate surface area is 51.8 Å². The van der Waals surface area contributed by atoms with Crippen LogP contribution in [0, 0.1) is 0 Å². The van der Waals surface area contributed by atoms with Gasteiger partial charge in [0.2, 0.25) is 0 Å². The lowest BCUT2D eigenvalue weighted by Crippen LogP contribution is -2.48. The predicted octanol–water partition coefficient (Wildman–Crippen LogP) is 1.44. The second kappa shape index (κ2) is 2.30. The molecule has 1 unspecified atom stereocenters. The van der Waals surface area contributed by atoms with Crippen molar-refractivity contribution in [1.82, 2.24) is 0 Å². The van der Waals surface area contributed by atoms with Crippen molar-refractivity contribution in [2.24, 2.45) is 5.73 Å². The molecule has 0 bridgehead atoms. The van der Waals surface area contributed by atoms with Crippen LogP contribution in [0.2, 0.25) is 0 Å². The zero-order valence-electron chi connectivity index (χ0n) is 4.42. The summed E-state index contributed by atoms with van der Waals surface area (Å²) < 4.78 is 67.0. The molecule has 0 rings (SSSR count). The Balaban J connectivity index is 4.23. The van der Waals surface area contributed by atoms with E-state index in [1.807, 2.05) is 0 Å². The second-order valence-electron chi connectivity index (χ2n) is 1.58. The minimum absolute atomic E-state index is 3.54. The van der Waals surface area contributed by atoms with Crippen LogP contribution < -0.4 is 5.73 Å². The fraction of sp³-hybridized carbons (Fsp3) is 1.00. The Morgan fingerprint density at radius 2 is 1.30 bits per heavy atom. The molecule has 0 fully saturated rings. The fourth-order valence-electron chi connectivity index (χ4n) is 0.218. The summed E-state index contributed by atoms with van der Waals surface area (Å²) >= 11 is 0. The fourth-order valence-corrected chi connectivity index (χ4v) is 0.218. The minimum Gasteiger partial charge on any atom is -0.269 e. The molecule has 0 saturated heterocycles. The highest BCUT2D eigenvalue weighted by Gasteiger charge is 2.54. The van der Waals surface area contributed by atoms with Gasteiger partial charge in [0.1, 0.15) is 0 Å². The van der Waals surface area contributed by atoms with Gasteiger partial charge in [-0.2, -0.15) is 22.0 Å². The van der Waals surface area contributed by atoms with Crippen LogP contribution in [0.25, 0.3) is 0 Å². The lowest BCUT2D eigenvalue weighted by atomic mass is 10.3. The van der Waals surface area contributed by atoms with E-state index < -0.39 is 18.4 Å². The van der Waals surface area contributed by atoms with Crippen LogP contribution in [0.4, 0.5) is 26.3 Å². The van der Waals surface area contributed by atoms with Gasteiger partial charge in [0.15, 0.2) is 0 Å². The zero-order valence-corrected chi connectivity index (χ0v) is 4.42. The summed E-state index contributed by atoms with van der Waals surface area (Å²) in [5.41, 5.74) is 3.54.